The van der Waals surface area contributed by atoms with Crippen LogP contribution in [0.5, 0.6) is 0 Å². The summed E-state index contributed by atoms with van der Waals surface area (Å²) in [6.45, 7) is 3.80. The average molecular weight is 341 g/mol. The molecule has 0 aliphatic rings. The van der Waals surface area contributed by atoms with Crippen molar-refractivity contribution in [1.29, 1.82) is 0 Å². The Bertz CT molecular complexity index is 520. The van der Waals surface area contributed by atoms with Gasteiger partial charge in [-0.05, 0) is 32.3 Å². The number of Topliss-reactive ketones (excluding diaryl/α,β-unsaturated/α-hetero) is 1. The van der Waals surface area contributed by atoms with Crippen LogP contribution in [-0.4, -0.2) is 36.8 Å². The first-order valence-electron chi connectivity index (χ1n) is 7.54. The van der Waals surface area contributed by atoms with E-state index in [-0.39, 0.29) is 24.9 Å². The minimum atomic E-state index is -0.931. The molecule has 0 aromatic heterocycles. The third kappa shape index (κ3) is 6.02. The zero-order chi connectivity index (χ0) is 17.2. The quantitative estimate of drug-likeness (QED) is 0.299. The van der Waals surface area contributed by atoms with E-state index in [1.54, 1.807) is 38.1 Å². The Morgan fingerprint density at radius 3 is 1.96 bits per heavy atom. The number of carbonyl (C=O) groups excluding carboxylic acids is 3. The smallest absolute Gasteiger partial charge is 0.320 e. The first kappa shape index (κ1) is 19.2. The van der Waals surface area contributed by atoms with Gasteiger partial charge < -0.3 is 9.47 Å². The largest absolute Gasteiger partial charge is 0.465 e. The van der Waals surface area contributed by atoms with Crippen molar-refractivity contribution in [3.8, 4) is 0 Å². The summed E-state index contributed by atoms with van der Waals surface area (Å²) in [5.74, 6) is -2.28. The highest BCUT2D eigenvalue weighted by Gasteiger charge is 2.29. The van der Waals surface area contributed by atoms with E-state index in [2.05, 4.69) is 0 Å². The van der Waals surface area contributed by atoms with Gasteiger partial charge in [-0.3, -0.25) is 14.4 Å². The van der Waals surface area contributed by atoms with Crippen molar-refractivity contribution in [2.45, 2.75) is 26.7 Å². The lowest BCUT2D eigenvalue weighted by Gasteiger charge is -2.14. The fourth-order valence-electron chi connectivity index (χ4n) is 2.06. The minimum Gasteiger partial charge on any atom is -0.465 e. The van der Waals surface area contributed by atoms with Crippen molar-refractivity contribution < 1.29 is 23.9 Å². The van der Waals surface area contributed by atoms with Crippen LogP contribution in [0.4, 0.5) is 0 Å². The van der Waals surface area contributed by atoms with E-state index in [1.165, 1.54) is 0 Å². The second-order valence-corrected chi connectivity index (χ2v) is 5.12. The zero-order valence-electron chi connectivity index (χ0n) is 13.3. The summed E-state index contributed by atoms with van der Waals surface area (Å²) in [6, 6.07) is 6.94. The molecular formula is C17H21ClO5. The monoisotopic (exact) mass is 340 g/mol. The fourth-order valence-corrected chi connectivity index (χ4v) is 2.22. The summed E-state index contributed by atoms with van der Waals surface area (Å²) < 4.78 is 9.85. The molecule has 0 spiro atoms. The maximum Gasteiger partial charge on any atom is 0.320 e. The van der Waals surface area contributed by atoms with Crippen LogP contribution in [0.1, 0.15) is 36.2 Å². The van der Waals surface area contributed by atoms with Gasteiger partial charge in [-0.25, -0.2) is 0 Å². The van der Waals surface area contributed by atoms with Gasteiger partial charge in [-0.15, -0.1) is 11.6 Å². The van der Waals surface area contributed by atoms with Crippen molar-refractivity contribution in [2.75, 3.05) is 19.1 Å². The molecule has 23 heavy (non-hydrogen) atoms. The lowest BCUT2D eigenvalue weighted by Crippen LogP contribution is -2.28. The van der Waals surface area contributed by atoms with Crippen LogP contribution in [0, 0.1) is 5.92 Å². The highest BCUT2D eigenvalue weighted by Crippen LogP contribution is 2.15. The highest BCUT2D eigenvalue weighted by atomic mass is 35.5. The number of benzene rings is 1. The van der Waals surface area contributed by atoms with Gasteiger partial charge in [0, 0.05) is 5.56 Å². The average Bonchev–Trinajstić information content (AvgIpc) is 2.55. The maximum absolute atomic E-state index is 11.9. The van der Waals surface area contributed by atoms with E-state index in [0.29, 0.717) is 18.4 Å². The van der Waals surface area contributed by atoms with Gasteiger partial charge in [0.15, 0.2) is 11.7 Å². The normalized spacial score (nSPS) is 10.4. The predicted octanol–water partition coefficient (Wildman–Crippen LogP) is 2.78. The number of carbonyl (C=O) groups is 3. The van der Waals surface area contributed by atoms with Crippen LogP contribution >= 0.6 is 11.6 Å². The molecule has 0 atom stereocenters. The second kappa shape index (κ2) is 10.0. The number of hydrogen-bond donors (Lipinski definition) is 0. The van der Waals surface area contributed by atoms with Crippen LogP contribution in [0.3, 0.4) is 0 Å². The van der Waals surface area contributed by atoms with Crippen molar-refractivity contribution >= 4 is 29.3 Å². The Balaban J connectivity index is 2.71. The van der Waals surface area contributed by atoms with Gasteiger partial charge in [0.1, 0.15) is 0 Å². The third-order valence-electron chi connectivity index (χ3n) is 3.26. The molecule has 0 fully saturated rings. The molecule has 0 unspecified atom stereocenters. The second-order valence-electron chi connectivity index (χ2n) is 4.85. The lowest BCUT2D eigenvalue weighted by atomic mass is 9.98. The molecule has 1 rings (SSSR count). The van der Waals surface area contributed by atoms with Crippen molar-refractivity contribution in [3.05, 3.63) is 35.4 Å². The maximum atomic E-state index is 11.9. The number of esters is 2. The number of hydrogen-bond acceptors (Lipinski definition) is 5. The third-order valence-corrected chi connectivity index (χ3v) is 3.50. The molecule has 0 radical (unpaired) electrons. The summed E-state index contributed by atoms with van der Waals surface area (Å²) in [6.07, 6.45) is 0.790. The molecule has 0 saturated heterocycles. The lowest BCUT2D eigenvalue weighted by molar-refractivity contribution is -0.161. The minimum absolute atomic E-state index is 0.0624. The van der Waals surface area contributed by atoms with Crippen LogP contribution in [0.2, 0.25) is 0 Å². The molecule has 0 amide bonds. The van der Waals surface area contributed by atoms with Crippen molar-refractivity contribution in [1.82, 2.24) is 0 Å². The van der Waals surface area contributed by atoms with Crippen molar-refractivity contribution in [3.63, 3.8) is 0 Å². The van der Waals surface area contributed by atoms with E-state index < -0.39 is 17.9 Å². The van der Waals surface area contributed by atoms with Crippen LogP contribution in [0.25, 0.3) is 0 Å². The number of aryl methyl sites for hydroxylation is 1. The van der Waals surface area contributed by atoms with Gasteiger partial charge in [0.05, 0.1) is 19.1 Å². The Labute approximate surface area is 140 Å². The molecule has 1 aromatic carbocycles. The summed E-state index contributed by atoms with van der Waals surface area (Å²) in [4.78, 5) is 35.2. The van der Waals surface area contributed by atoms with E-state index in [9.17, 15) is 14.4 Å². The molecule has 5 nitrogen and oxygen atoms in total. The van der Waals surface area contributed by atoms with Crippen LogP contribution < -0.4 is 0 Å². The number of ether oxygens (including phenoxy) is 2. The van der Waals surface area contributed by atoms with E-state index in [0.717, 1.165) is 5.56 Å². The molecule has 126 valence electrons. The Morgan fingerprint density at radius 2 is 1.52 bits per heavy atom. The summed E-state index contributed by atoms with van der Waals surface area (Å²) in [5, 5.41) is 0. The highest BCUT2D eigenvalue weighted by molar-refractivity contribution is 6.30. The van der Waals surface area contributed by atoms with Gasteiger partial charge in [0.2, 0.25) is 0 Å². The molecule has 0 bridgehead atoms. The predicted molar refractivity (Wildman–Crippen MR) is 86.6 cm³/mol. The topological polar surface area (TPSA) is 69.7 Å². The summed E-state index contributed by atoms with van der Waals surface area (Å²) in [5.41, 5.74) is 1.45. The first-order valence-corrected chi connectivity index (χ1v) is 8.08. The van der Waals surface area contributed by atoms with E-state index in [4.69, 9.17) is 21.1 Å². The summed E-state index contributed by atoms with van der Waals surface area (Å²) in [7, 11) is 0. The first-order chi connectivity index (χ1) is 11.0. The fraction of sp³-hybridized carbons (Fsp3) is 0.471. The van der Waals surface area contributed by atoms with Crippen LogP contribution in [-0.2, 0) is 25.5 Å². The van der Waals surface area contributed by atoms with Crippen molar-refractivity contribution in [2.24, 2.45) is 5.92 Å². The Morgan fingerprint density at radius 1 is 1.00 bits per heavy atom. The van der Waals surface area contributed by atoms with E-state index >= 15 is 0 Å². The number of rotatable bonds is 9. The Kier molecular flexibility index (Phi) is 8.33. The Hall–Kier alpha value is -1.88. The molecule has 0 N–H and O–H groups in total. The van der Waals surface area contributed by atoms with Gasteiger partial charge >= 0.3 is 11.9 Å². The molecule has 0 aliphatic heterocycles. The number of halogens is 1. The molecule has 0 saturated carbocycles. The molecule has 1 aromatic rings. The van der Waals surface area contributed by atoms with E-state index in [1.807, 2.05) is 0 Å². The number of alkyl halides is 1. The molecule has 6 heteroatoms. The SMILES string of the molecule is CCOC(=O)C(CCc1ccc(C(=O)CCl)cc1)C(=O)OCC. The van der Waals surface area contributed by atoms with Gasteiger partial charge in [-0.1, -0.05) is 24.3 Å². The van der Waals surface area contributed by atoms with Gasteiger partial charge in [-0.2, -0.15) is 0 Å². The molecule has 0 heterocycles. The molecule has 0 aliphatic carbocycles. The standard InChI is InChI=1S/C17H21ClO5/c1-3-22-16(20)14(17(21)23-4-2)10-7-12-5-8-13(9-6-12)15(19)11-18/h5-6,8-9,14H,3-4,7,10-11H2,1-2H3. The molecular weight excluding hydrogens is 320 g/mol. The number of ketones is 1. The summed E-state index contributed by atoms with van der Waals surface area (Å²) >= 11 is 5.51. The van der Waals surface area contributed by atoms with Gasteiger partial charge in [0.25, 0.3) is 0 Å². The zero-order valence-corrected chi connectivity index (χ0v) is 14.1. The van der Waals surface area contributed by atoms with Crippen LogP contribution in [0.15, 0.2) is 24.3 Å².